The van der Waals surface area contributed by atoms with E-state index >= 15 is 0 Å². The Morgan fingerprint density at radius 2 is 2.00 bits per heavy atom. The van der Waals surface area contributed by atoms with E-state index in [1.807, 2.05) is 0 Å². The molecule has 10 nitrogen and oxygen atoms in total. The molecular weight excluding hydrogens is 400 g/mol. The van der Waals surface area contributed by atoms with Crippen LogP contribution in [0.15, 0.2) is 56.1 Å². The molecule has 0 fully saturated rings. The van der Waals surface area contributed by atoms with Crippen molar-refractivity contribution in [2.75, 3.05) is 6.54 Å². The molecule has 1 aromatic carbocycles. The van der Waals surface area contributed by atoms with Crippen molar-refractivity contribution in [3.05, 3.63) is 68.7 Å². The average Bonchev–Trinajstić information content (AvgIpc) is 3.29. The average molecular weight is 422 g/mol. The van der Waals surface area contributed by atoms with Crippen LogP contribution in [-0.4, -0.2) is 36.9 Å². The lowest BCUT2D eigenvalue weighted by atomic mass is 9.97. The van der Waals surface area contributed by atoms with Gasteiger partial charge in [0.1, 0.15) is 0 Å². The molecule has 1 aliphatic rings. The minimum absolute atomic E-state index is 0.162. The van der Waals surface area contributed by atoms with Crippen LogP contribution in [0.4, 0.5) is 0 Å². The lowest BCUT2D eigenvalue weighted by Gasteiger charge is -2.12. The smallest absolute Gasteiger partial charge is 0.348 e. The van der Waals surface area contributed by atoms with Crippen LogP contribution in [0, 0.1) is 0 Å². The number of benzene rings is 1. The number of para-hydroxylation sites is 1. The first-order valence-corrected chi connectivity index (χ1v) is 10.1. The molecule has 0 atom stereocenters. The van der Waals surface area contributed by atoms with Gasteiger partial charge in [-0.2, -0.15) is 14.8 Å². The summed E-state index contributed by atoms with van der Waals surface area (Å²) in [5, 5.41) is 10.6. The highest BCUT2D eigenvalue weighted by Crippen LogP contribution is 2.19. The molecule has 0 aliphatic heterocycles. The van der Waals surface area contributed by atoms with E-state index in [0.717, 1.165) is 28.5 Å². The van der Waals surface area contributed by atoms with Gasteiger partial charge >= 0.3 is 17.5 Å². The summed E-state index contributed by atoms with van der Waals surface area (Å²) in [6.07, 6.45) is 7.54. The molecule has 2 aromatic heterocycles. The van der Waals surface area contributed by atoms with Crippen molar-refractivity contribution in [1.29, 1.82) is 0 Å². The summed E-state index contributed by atoms with van der Waals surface area (Å²) in [5.74, 6) is -0.956. The Morgan fingerprint density at radius 1 is 1.19 bits per heavy atom. The van der Waals surface area contributed by atoms with E-state index in [2.05, 4.69) is 26.6 Å². The van der Waals surface area contributed by atoms with Gasteiger partial charge in [-0.25, -0.2) is 4.79 Å². The molecule has 1 N–H and O–H groups in total. The van der Waals surface area contributed by atoms with Crippen molar-refractivity contribution < 1.29 is 9.32 Å². The van der Waals surface area contributed by atoms with E-state index in [-0.39, 0.29) is 17.4 Å². The van der Waals surface area contributed by atoms with Crippen LogP contribution in [0.1, 0.15) is 42.8 Å². The van der Waals surface area contributed by atoms with Gasteiger partial charge in [0, 0.05) is 13.6 Å². The summed E-state index contributed by atoms with van der Waals surface area (Å²) >= 11 is 0. The van der Waals surface area contributed by atoms with Crippen LogP contribution >= 0.6 is 0 Å². The van der Waals surface area contributed by atoms with Gasteiger partial charge in [0.2, 0.25) is 5.82 Å². The first kappa shape index (κ1) is 20.5. The van der Waals surface area contributed by atoms with Gasteiger partial charge in [-0.3, -0.25) is 14.2 Å². The largest absolute Gasteiger partial charge is 0.351 e. The summed E-state index contributed by atoms with van der Waals surface area (Å²) in [6, 6.07) is 8.65. The van der Waals surface area contributed by atoms with Gasteiger partial charge in [-0.05, 0) is 44.2 Å². The second kappa shape index (κ2) is 8.90. The van der Waals surface area contributed by atoms with Gasteiger partial charge in [0.15, 0.2) is 5.69 Å². The fourth-order valence-electron chi connectivity index (χ4n) is 3.41. The maximum atomic E-state index is 12.6. The number of carbonyl (C=O) groups is 1. The van der Waals surface area contributed by atoms with Crippen molar-refractivity contribution in [2.45, 2.75) is 32.1 Å². The van der Waals surface area contributed by atoms with Gasteiger partial charge in [0.05, 0.1) is 5.69 Å². The van der Waals surface area contributed by atoms with Crippen LogP contribution in [-0.2, 0) is 7.05 Å². The van der Waals surface area contributed by atoms with Crippen LogP contribution in [0.2, 0.25) is 0 Å². The van der Waals surface area contributed by atoms with Crippen molar-refractivity contribution in [3.63, 3.8) is 0 Å². The highest BCUT2D eigenvalue weighted by Gasteiger charge is 2.21. The quantitative estimate of drug-likeness (QED) is 0.598. The summed E-state index contributed by atoms with van der Waals surface area (Å²) in [4.78, 5) is 41.4. The highest BCUT2D eigenvalue weighted by atomic mass is 16.5. The second-order valence-corrected chi connectivity index (χ2v) is 7.28. The Morgan fingerprint density at radius 3 is 2.74 bits per heavy atom. The number of allylic oxidation sites excluding steroid dienone is 1. The number of amides is 1. The SMILES string of the molecule is Cn1c(=O)c(-c2noc(C(=O)NCCC3=CCCCC3)n2)nn(-c2ccccc2)c1=O. The number of carbonyl (C=O) groups excluding carboxylic acids is 1. The lowest BCUT2D eigenvalue weighted by molar-refractivity contribution is 0.0910. The molecule has 0 radical (unpaired) electrons. The van der Waals surface area contributed by atoms with Crippen molar-refractivity contribution in [1.82, 2.24) is 29.8 Å². The molecular formula is C21H22N6O4. The lowest BCUT2D eigenvalue weighted by Crippen LogP contribution is -2.40. The first-order chi connectivity index (χ1) is 15.0. The van der Waals surface area contributed by atoms with E-state index < -0.39 is 17.2 Å². The maximum absolute atomic E-state index is 12.6. The summed E-state index contributed by atoms with van der Waals surface area (Å²) in [6.45, 7) is 0.460. The predicted octanol–water partition coefficient (Wildman–Crippen LogP) is 1.60. The Balaban J connectivity index is 1.55. The fraction of sp³-hybridized carbons (Fsp3) is 0.333. The first-order valence-electron chi connectivity index (χ1n) is 10.1. The van der Waals surface area contributed by atoms with Crippen molar-refractivity contribution in [3.8, 4) is 17.2 Å². The number of hydrogen-bond acceptors (Lipinski definition) is 7. The zero-order valence-corrected chi connectivity index (χ0v) is 17.1. The molecule has 0 saturated carbocycles. The number of rotatable bonds is 6. The summed E-state index contributed by atoms with van der Waals surface area (Å²) in [5.41, 5.74) is 0.324. The van der Waals surface area contributed by atoms with Gasteiger partial charge in [-0.15, -0.1) is 0 Å². The highest BCUT2D eigenvalue weighted by molar-refractivity contribution is 5.89. The van der Waals surface area contributed by atoms with E-state index in [9.17, 15) is 14.4 Å². The Bertz CT molecular complexity index is 1240. The fourth-order valence-corrected chi connectivity index (χ4v) is 3.41. The van der Waals surface area contributed by atoms with Crippen LogP contribution in [0.5, 0.6) is 0 Å². The molecule has 2 heterocycles. The zero-order chi connectivity index (χ0) is 21.8. The molecule has 10 heteroatoms. The number of nitrogens with zero attached hydrogens (tertiary/aromatic N) is 5. The Kier molecular flexibility index (Phi) is 5.87. The maximum Gasteiger partial charge on any atom is 0.351 e. The standard InChI is InChI=1S/C21H22N6O4/c1-26-20(29)16(24-27(21(26)30)15-10-6-3-7-11-15)17-23-19(31-25-17)18(28)22-13-12-14-8-4-2-5-9-14/h3,6-8,10-11H,2,4-5,9,12-13H2,1H3,(H,22,28). The molecule has 4 rings (SSSR count). The van der Waals surface area contributed by atoms with Crippen molar-refractivity contribution in [2.24, 2.45) is 7.05 Å². The Hall–Kier alpha value is -3.82. The minimum atomic E-state index is -0.686. The molecule has 0 spiro atoms. The van der Waals surface area contributed by atoms with E-state index in [1.54, 1.807) is 30.3 Å². The molecule has 160 valence electrons. The second-order valence-electron chi connectivity index (χ2n) is 7.28. The molecule has 0 unspecified atom stereocenters. The van der Waals surface area contributed by atoms with Crippen molar-refractivity contribution >= 4 is 5.91 Å². The number of hydrogen-bond donors (Lipinski definition) is 1. The normalized spacial score (nSPS) is 13.6. The molecule has 0 saturated heterocycles. The van der Waals surface area contributed by atoms with E-state index in [4.69, 9.17) is 4.52 Å². The molecule has 31 heavy (non-hydrogen) atoms. The molecule has 0 bridgehead atoms. The third kappa shape index (κ3) is 4.37. The number of aromatic nitrogens is 5. The number of nitrogens with one attached hydrogen (secondary N) is 1. The zero-order valence-electron chi connectivity index (χ0n) is 17.1. The minimum Gasteiger partial charge on any atom is -0.348 e. The van der Waals surface area contributed by atoms with Crippen LogP contribution < -0.4 is 16.6 Å². The summed E-state index contributed by atoms with van der Waals surface area (Å²) in [7, 11) is 1.34. The third-order valence-corrected chi connectivity index (χ3v) is 5.12. The third-order valence-electron chi connectivity index (χ3n) is 5.12. The van der Waals surface area contributed by atoms with Gasteiger partial charge < -0.3 is 9.84 Å². The van der Waals surface area contributed by atoms with Crippen LogP contribution in [0.25, 0.3) is 17.2 Å². The molecule has 3 aromatic rings. The van der Waals surface area contributed by atoms with Crippen LogP contribution in [0.3, 0.4) is 0 Å². The summed E-state index contributed by atoms with van der Waals surface area (Å²) < 4.78 is 7.01. The Labute approximate surface area is 177 Å². The van der Waals surface area contributed by atoms with E-state index in [0.29, 0.717) is 12.2 Å². The van der Waals surface area contributed by atoms with Gasteiger partial charge in [-0.1, -0.05) is 35.0 Å². The topological polar surface area (TPSA) is 125 Å². The monoisotopic (exact) mass is 422 g/mol. The predicted molar refractivity (Wildman–Crippen MR) is 112 cm³/mol. The van der Waals surface area contributed by atoms with Gasteiger partial charge in [0.25, 0.3) is 5.56 Å². The van der Waals surface area contributed by atoms with E-state index in [1.165, 1.54) is 25.5 Å². The molecule has 1 amide bonds. The molecule has 1 aliphatic carbocycles.